The number of allylic oxidation sites excluding steroid dienone is 1. The van der Waals surface area contributed by atoms with Gasteiger partial charge in [0.2, 0.25) is 0 Å². The number of hydrogen-bond donors (Lipinski definition) is 2. The molecule has 1 aliphatic rings. The number of carbonyl (C=O) groups excluding carboxylic acids is 1. The van der Waals surface area contributed by atoms with Crippen LogP contribution in [0.2, 0.25) is 0 Å². The van der Waals surface area contributed by atoms with Crippen LogP contribution in [0.5, 0.6) is 0 Å². The maximum absolute atomic E-state index is 12.1. The van der Waals surface area contributed by atoms with E-state index in [0.29, 0.717) is 5.82 Å². The van der Waals surface area contributed by atoms with Crippen LogP contribution >= 0.6 is 0 Å². The zero-order valence-electron chi connectivity index (χ0n) is 13.5. The number of rotatable bonds is 3. The van der Waals surface area contributed by atoms with Crippen LogP contribution in [0.25, 0.3) is 5.69 Å². The number of hydrogen-bond acceptors (Lipinski definition) is 2. The number of nitrogens with one attached hydrogen (secondary N) is 2. The van der Waals surface area contributed by atoms with Gasteiger partial charge in [-0.1, -0.05) is 29.8 Å². The van der Waals surface area contributed by atoms with Crippen molar-refractivity contribution < 1.29 is 4.79 Å². The number of anilines is 1. The van der Waals surface area contributed by atoms with Crippen molar-refractivity contribution in [3.05, 3.63) is 53.7 Å². The van der Waals surface area contributed by atoms with Crippen molar-refractivity contribution in [2.45, 2.75) is 39.2 Å². The molecule has 1 unspecified atom stereocenters. The van der Waals surface area contributed by atoms with Crippen molar-refractivity contribution in [3.8, 4) is 5.69 Å². The fourth-order valence-electron chi connectivity index (χ4n) is 2.75. The summed E-state index contributed by atoms with van der Waals surface area (Å²) < 4.78 is 1.83. The van der Waals surface area contributed by atoms with Gasteiger partial charge in [0.25, 0.3) is 0 Å². The Bertz CT molecular complexity index is 715. The molecule has 0 saturated carbocycles. The molecule has 0 spiro atoms. The molecule has 1 aromatic heterocycles. The first-order valence-electron chi connectivity index (χ1n) is 7.98. The van der Waals surface area contributed by atoms with Crippen LogP contribution < -0.4 is 10.6 Å². The molecular weight excluding hydrogens is 288 g/mol. The molecule has 1 atom stereocenters. The second kappa shape index (κ2) is 6.69. The summed E-state index contributed by atoms with van der Waals surface area (Å²) in [6, 6.07) is 10.0. The van der Waals surface area contributed by atoms with E-state index in [2.05, 4.69) is 34.8 Å². The predicted octanol–water partition coefficient (Wildman–Crippen LogP) is 3.72. The molecule has 0 bridgehead atoms. The smallest absolute Gasteiger partial charge is 0.320 e. The van der Waals surface area contributed by atoms with Crippen molar-refractivity contribution in [2.24, 2.45) is 0 Å². The second-order valence-corrected chi connectivity index (χ2v) is 6.00. The predicted molar refractivity (Wildman–Crippen MR) is 92.0 cm³/mol. The number of nitrogens with zero attached hydrogens (tertiary/aromatic N) is 2. The Morgan fingerprint density at radius 3 is 2.70 bits per heavy atom. The van der Waals surface area contributed by atoms with Gasteiger partial charge in [-0.15, -0.1) is 5.10 Å². The Morgan fingerprint density at radius 1 is 1.22 bits per heavy atom. The highest BCUT2D eigenvalue weighted by Gasteiger charge is 2.14. The molecule has 120 valence electrons. The standard InChI is InChI=1S/C18H22N4O/c1-13-8-10-16(11-9-13)22-14(2)12-17(21-22)20-18(23)19-15-6-4-3-5-7-15/h3-4,8-12,15H,5-7H2,1-2H3,(H2,19,20,21,23). The molecule has 2 N–H and O–H groups in total. The van der Waals surface area contributed by atoms with E-state index in [-0.39, 0.29) is 12.1 Å². The lowest BCUT2D eigenvalue weighted by Gasteiger charge is -2.19. The molecular formula is C18H22N4O. The minimum absolute atomic E-state index is 0.196. The van der Waals surface area contributed by atoms with Crippen molar-refractivity contribution >= 4 is 11.8 Å². The third-order valence-corrected chi connectivity index (χ3v) is 4.01. The van der Waals surface area contributed by atoms with Gasteiger partial charge in [0.15, 0.2) is 5.82 Å². The number of urea groups is 1. The van der Waals surface area contributed by atoms with Crippen molar-refractivity contribution in [1.82, 2.24) is 15.1 Å². The first-order valence-corrected chi connectivity index (χ1v) is 7.98. The zero-order chi connectivity index (χ0) is 16.2. The monoisotopic (exact) mass is 310 g/mol. The summed E-state index contributed by atoms with van der Waals surface area (Å²) in [5.74, 6) is 0.562. The summed E-state index contributed by atoms with van der Waals surface area (Å²) in [6.07, 6.45) is 7.17. The van der Waals surface area contributed by atoms with Gasteiger partial charge in [-0.05, 0) is 45.2 Å². The van der Waals surface area contributed by atoms with Crippen LogP contribution in [0.15, 0.2) is 42.5 Å². The van der Waals surface area contributed by atoms with Gasteiger partial charge < -0.3 is 5.32 Å². The SMILES string of the molecule is Cc1ccc(-n2nc(NC(=O)NC3CC=CCC3)cc2C)cc1. The number of carbonyl (C=O) groups is 1. The minimum atomic E-state index is -0.196. The number of aryl methyl sites for hydroxylation is 2. The molecule has 5 nitrogen and oxygen atoms in total. The lowest BCUT2D eigenvalue weighted by Crippen LogP contribution is -2.38. The van der Waals surface area contributed by atoms with E-state index >= 15 is 0 Å². The Kier molecular flexibility index (Phi) is 4.46. The van der Waals surface area contributed by atoms with Gasteiger partial charge >= 0.3 is 6.03 Å². The lowest BCUT2D eigenvalue weighted by atomic mass is 10.0. The average molecular weight is 310 g/mol. The molecule has 0 radical (unpaired) electrons. The molecule has 0 saturated heterocycles. The van der Waals surface area contributed by atoms with Gasteiger partial charge in [-0.2, -0.15) is 0 Å². The molecule has 2 amide bonds. The van der Waals surface area contributed by atoms with E-state index in [1.807, 2.05) is 41.9 Å². The Hall–Kier alpha value is -2.56. The fraction of sp³-hybridized carbons (Fsp3) is 0.333. The van der Waals surface area contributed by atoms with E-state index in [4.69, 9.17) is 0 Å². The highest BCUT2D eigenvalue weighted by atomic mass is 16.2. The van der Waals surface area contributed by atoms with Crippen LogP contribution in [0, 0.1) is 13.8 Å². The normalized spacial score (nSPS) is 17.0. The summed E-state index contributed by atoms with van der Waals surface area (Å²) in [5.41, 5.74) is 3.17. The van der Waals surface area contributed by atoms with Gasteiger partial charge in [-0.3, -0.25) is 5.32 Å². The van der Waals surface area contributed by atoms with Gasteiger partial charge in [0.05, 0.1) is 5.69 Å². The maximum atomic E-state index is 12.1. The molecule has 1 aromatic carbocycles. The average Bonchev–Trinajstić information content (AvgIpc) is 2.89. The first kappa shape index (κ1) is 15.3. The second-order valence-electron chi connectivity index (χ2n) is 6.00. The topological polar surface area (TPSA) is 59.0 Å². The summed E-state index contributed by atoms with van der Waals surface area (Å²) in [7, 11) is 0. The van der Waals surface area contributed by atoms with Crippen LogP contribution in [-0.4, -0.2) is 21.9 Å². The summed E-state index contributed by atoms with van der Waals surface area (Å²) in [4.78, 5) is 12.1. The maximum Gasteiger partial charge on any atom is 0.320 e. The Morgan fingerprint density at radius 2 is 2.00 bits per heavy atom. The summed E-state index contributed by atoms with van der Waals surface area (Å²) >= 11 is 0. The molecule has 3 rings (SSSR count). The third kappa shape index (κ3) is 3.80. The van der Waals surface area contributed by atoms with E-state index in [9.17, 15) is 4.79 Å². The molecule has 2 aromatic rings. The zero-order valence-corrected chi connectivity index (χ0v) is 13.5. The largest absolute Gasteiger partial charge is 0.335 e. The van der Waals surface area contributed by atoms with Crippen LogP contribution in [0.1, 0.15) is 30.5 Å². The van der Waals surface area contributed by atoms with E-state index in [1.165, 1.54) is 5.56 Å². The molecule has 1 heterocycles. The minimum Gasteiger partial charge on any atom is -0.335 e. The lowest BCUT2D eigenvalue weighted by molar-refractivity contribution is 0.247. The van der Waals surface area contributed by atoms with Gasteiger partial charge in [-0.25, -0.2) is 9.48 Å². The van der Waals surface area contributed by atoms with Gasteiger partial charge in [0, 0.05) is 17.8 Å². The van der Waals surface area contributed by atoms with Crippen molar-refractivity contribution in [2.75, 3.05) is 5.32 Å². The summed E-state index contributed by atoms with van der Waals surface area (Å²) in [5, 5.41) is 10.3. The van der Waals surface area contributed by atoms with Crippen molar-refractivity contribution in [1.29, 1.82) is 0 Å². The molecule has 0 aliphatic heterocycles. The first-order chi connectivity index (χ1) is 11.1. The van der Waals surface area contributed by atoms with Crippen LogP contribution in [0.4, 0.5) is 10.6 Å². The van der Waals surface area contributed by atoms with E-state index < -0.39 is 0 Å². The highest BCUT2D eigenvalue weighted by molar-refractivity contribution is 5.88. The quantitative estimate of drug-likeness (QED) is 0.849. The van der Waals surface area contributed by atoms with Crippen LogP contribution in [-0.2, 0) is 0 Å². The molecule has 0 fully saturated rings. The highest BCUT2D eigenvalue weighted by Crippen LogP contribution is 2.16. The molecule has 5 heteroatoms. The summed E-state index contributed by atoms with van der Waals surface area (Å²) in [6.45, 7) is 4.03. The number of benzene rings is 1. The Labute approximate surface area is 136 Å². The Balaban J connectivity index is 1.67. The van der Waals surface area contributed by atoms with E-state index in [1.54, 1.807) is 0 Å². The number of amides is 2. The van der Waals surface area contributed by atoms with E-state index in [0.717, 1.165) is 30.6 Å². The van der Waals surface area contributed by atoms with Gasteiger partial charge in [0.1, 0.15) is 0 Å². The number of aromatic nitrogens is 2. The molecule has 23 heavy (non-hydrogen) atoms. The van der Waals surface area contributed by atoms with Crippen molar-refractivity contribution in [3.63, 3.8) is 0 Å². The van der Waals surface area contributed by atoms with Crippen LogP contribution in [0.3, 0.4) is 0 Å². The fourth-order valence-corrected chi connectivity index (χ4v) is 2.75. The third-order valence-electron chi connectivity index (χ3n) is 4.01. The molecule has 1 aliphatic carbocycles.